The van der Waals surface area contributed by atoms with E-state index in [1.807, 2.05) is 47.4 Å². The Morgan fingerprint density at radius 2 is 1.97 bits per heavy atom. The van der Waals surface area contributed by atoms with Gasteiger partial charge in [0.25, 0.3) is 5.91 Å². The van der Waals surface area contributed by atoms with Crippen LogP contribution in [0.15, 0.2) is 65.4 Å². The first kappa shape index (κ1) is 18.9. The van der Waals surface area contributed by atoms with Gasteiger partial charge >= 0.3 is 0 Å². The van der Waals surface area contributed by atoms with Gasteiger partial charge in [0.05, 0.1) is 25.6 Å². The molecule has 2 aromatic heterocycles. The van der Waals surface area contributed by atoms with E-state index in [4.69, 9.17) is 9.15 Å². The van der Waals surface area contributed by atoms with E-state index in [-0.39, 0.29) is 5.91 Å². The fraction of sp³-hybridized carbons (Fsp3) is 0.273. The highest BCUT2D eigenvalue weighted by Gasteiger charge is 2.24. The summed E-state index contributed by atoms with van der Waals surface area (Å²) in [4.78, 5) is 21.3. The minimum absolute atomic E-state index is 0.0497. The standard InChI is InChI=1S/C22H24N4O3/c1-28-21-7-3-2-6-20(21)25-10-12-26(13-11-25)22(27)19-15-17(8-9-23-19)24-16-18-5-4-14-29-18/h2-9,14-15H,10-13,16H2,1H3,(H,23,24). The lowest BCUT2D eigenvalue weighted by Gasteiger charge is -2.36. The van der Waals surface area contributed by atoms with Crippen LogP contribution in [-0.4, -0.2) is 49.1 Å². The van der Waals surface area contributed by atoms with Crippen LogP contribution in [0.3, 0.4) is 0 Å². The lowest BCUT2D eigenvalue weighted by molar-refractivity contribution is 0.0741. The van der Waals surface area contributed by atoms with Crippen molar-refractivity contribution >= 4 is 17.3 Å². The molecular weight excluding hydrogens is 368 g/mol. The zero-order valence-corrected chi connectivity index (χ0v) is 16.4. The average molecular weight is 392 g/mol. The summed E-state index contributed by atoms with van der Waals surface area (Å²) in [5.74, 6) is 1.64. The average Bonchev–Trinajstić information content (AvgIpc) is 3.31. The third-order valence-corrected chi connectivity index (χ3v) is 5.02. The summed E-state index contributed by atoms with van der Waals surface area (Å²) in [6.45, 7) is 3.35. The molecule has 0 spiro atoms. The number of pyridine rings is 1. The molecule has 0 radical (unpaired) electrons. The lowest BCUT2D eigenvalue weighted by atomic mass is 10.2. The van der Waals surface area contributed by atoms with E-state index in [9.17, 15) is 4.79 Å². The second kappa shape index (κ2) is 8.68. The first-order valence-electron chi connectivity index (χ1n) is 9.64. The van der Waals surface area contributed by atoms with Gasteiger partial charge in [-0.3, -0.25) is 9.78 Å². The van der Waals surface area contributed by atoms with Crippen molar-refractivity contribution in [2.45, 2.75) is 6.54 Å². The van der Waals surface area contributed by atoms with Gasteiger partial charge in [-0.1, -0.05) is 12.1 Å². The summed E-state index contributed by atoms with van der Waals surface area (Å²) in [7, 11) is 1.68. The fourth-order valence-corrected chi connectivity index (χ4v) is 3.46. The second-order valence-electron chi connectivity index (χ2n) is 6.81. The summed E-state index contributed by atoms with van der Waals surface area (Å²) in [5.41, 5.74) is 2.34. The van der Waals surface area contributed by atoms with E-state index in [0.29, 0.717) is 25.3 Å². The molecule has 1 aliphatic rings. The monoisotopic (exact) mass is 392 g/mol. The van der Waals surface area contributed by atoms with Crippen molar-refractivity contribution < 1.29 is 13.9 Å². The normalized spacial score (nSPS) is 14.0. The molecule has 1 aliphatic heterocycles. The maximum Gasteiger partial charge on any atom is 0.272 e. The van der Waals surface area contributed by atoms with Gasteiger partial charge in [-0.2, -0.15) is 0 Å². The van der Waals surface area contributed by atoms with E-state index >= 15 is 0 Å². The summed E-state index contributed by atoms with van der Waals surface area (Å²) in [5, 5.41) is 3.26. The van der Waals surface area contributed by atoms with Crippen LogP contribution in [0.2, 0.25) is 0 Å². The quantitative estimate of drug-likeness (QED) is 0.694. The van der Waals surface area contributed by atoms with Gasteiger partial charge in [0.2, 0.25) is 0 Å². The van der Waals surface area contributed by atoms with E-state index in [2.05, 4.69) is 15.2 Å². The maximum atomic E-state index is 12.9. The number of rotatable bonds is 6. The minimum atomic E-state index is -0.0497. The highest BCUT2D eigenvalue weighted by atomic mass is 16.5. The van der Waals surface area contributed by atoms with E-state index in [1.54, 1.807) is 25.6 Å². The number of carbonyl (C=O) groups excluding carboxylic acids is 1. The smallest absolute Gasteiger partial charge is 0.272 e. The van der Waals surface area contributed by atoms with Gasteiger partial charge in [0, 0.05) is 38.1 Å². The number of para-hydroxylation sites is 2. The molecule has 0 saturated carbocycles. The van der Waals surface area contributed by atoms with Crippen LogP contribution in [0.25, 0.3) is 0 Å². The number of anilines is 2. The molecule has 3 aromatic rings. The largest absolute Gasteiger partial charge is 0.495 e. The summed E-state index contributed by atoms with van der Waals surface area (Å²) in [6.07, 6.45) is 3.30. The number of furan rings is 1. The third-order valence-electron chi connectivity index (χ3n) is 5.02. The Morgan fingerprint density at radius 3 is 2.72 bits per heavy atom. The molecule has 1 N–H and O–H groups in total. The molecule has 1 aromatic carbocycles. The number of ether oxygens (including phenoxy) is 1. The minimum Gasteiger partial charge on any atom is -0.495 e. The van der Waals surface area contributed by atoms with E-state index in [0.717, 1.165) is 36.0 Å². The molecule has 7 heteroatoms. The first-order chi connectivity index (χ1) is 14.2. The summed E-state index contributed by atoms with van der Waals surface area (Å²) < 4.78 is 10.8. The second-order valence-corrected chi connectivity index (χ2v) is 6.81. The maximum absolute atomic E-state index is 12.9. The molecule has 7 nitrogen and oxygen atoms in total. The number of hydrogen-bond acceptors (Lipinski definition) is 6. The Morgan fingerprint density at radius 1 is 1.14 bits per heavy atom. The number of carbonyl (C=O) groups is 1. The van der Waals surface area contributed by atoms with Crippen LogP contribution < -0.4 is 15.0 Å². The number of amides is 1. The molecule has 0 bridgehead atoms. The molecule has 0 unspecified atom stereocenters. The Kier molecular flexibility index (Phi) is 5.65. The molecule has 3 heterocycles. The van der Waals surface area contributed by atoms with Crippen molar-refractivity contribution in [1.29, 1.82) is 0 Å². The first-order valence-corrected chi connectivity index (χ1v) is 9.64. The Labute approximate surface area is 169 Å². The van der Waals surface area contributed by atoms with Crippen molar-refractivity contribution in [3.8, 4) is 5.75 Å². The molecule has 29 heavy (non-hydrogen) atoms. The molecule has 1 amide bonds. The predicted octanol–water partition coefficient (Wildman–Crippen LogP) is 3.26. The van der Waals surface area contributed by atoms with Crippen molar-refractivity contribution in [3.05, 3.63) is 72.4 Å². The molecule has 4 rings (SSSR count). The number of piperazine rings is 1. The molecule has 1 saturated heterocycles. The molecule has 150 valence electrons. The summed E-state index contributed by atoms with van der Waals surface area (Å²) >= 11 is 0. The van der Waals surface area contributed by atoms with Gasteiger partial charge in [0.1, 0.15) is 17.2 Å². The number of hydrogen-bond donors (Lipinski definition) is 1. The van der Waals surface area contributed by atoms with Gasteiger partial charge in [-0.25, -0.2) is 0 Å². The molecule has 1 fully saturated rings. The van der Waals surface area contributed by atoms with Crippen LogP contribution in [-0.2, 0) is 6.54 Å². The van der Waals surface area contributed by atoms with Gasteiger partial charge < -0.3 is 24.3 Å². The molecule has 0 aliphatic carbocycles. The van der Waals surface area contributed by atoms with Crippen LogP contribution in [0.1, 0.15) is 16.2 Å². The van der Waals surface area contributed by atoms with Crippen LogP contribution in [0.5, 0.6) is 5.75 Å². The SMILES string of the molecule is COc1ccccc1N1CCN(C(=O)c2cc(NCc3ccco3)ccn2)CC1. The number of nitrogens with one attached hydrogen (secondary N) is 1. The lowest BCUT2D eigenvalue weighted by Crippen LogP contribution is -2.49. The van der Waals surface area contributed by atoms with Gasteiger partial charge in [-0.15, -0.1) is 0 Å². The topological polar surface area (TPSA) is 70.8 Å². The summed E-state index contributed by atoms with van der Waals surface area (Å²) in [6, 6.07) is 15.4. The zero-order chi connectivity index (χ0) is 20.1. The number of nitrogens with zero attached hydrogens (tertiary/aromatic N) is 3. The van der Waals surface area contributed by atoms with Crippen molar-refractivity contribution in [1.82, 2.24) is 9.88 Å². The molecular formula is C22H24N4O3. The highest BCUT2D eigenvalue weighted by Crippen LogP contribution is 2.28. The highest BCUT2D eigenvalue weighted by molar-refractivity contribution is 5.93. The van der Waals surface area contributed by atoms with Crippen LogP contribution in [0.4, 0.5) is 11.4 Å². The number of benzene rings is 1. The van der Waals surface area contributed by atoms with Crippen LogP contribution in [0, 0.1) is 0 Å². The Hall–Kier alpha value is -3.48. The van der Waals surface area contributed by atoms with E-state index < -0.39 is 0 Å². The fourth-order valence-electron chi connectivity index (χ4n) is 3.46. The third kappa shape index (κ3) is 4.34. The number of methoxy groups -OCH3 is 1. The number of aromatic nitrogens is 1. The van der Waals surface area contributed by atoms with Crippen molar-refractivity contribution in [2.75, 3.05) is 43.5 Å². The zero-order valence-electron chi connectivity index (χ0n) is 16.4. The Balaban J connectivity index is 1.37. The predicted molar refractivity (Wildman–Crippen MR) is 111 cm³/mol. The van der Waals surface area contributed by atoms with Crippen molar-refractivity contribution in [2.24, 2.45) is 0 Å². The Bertz CT molecular complexity index is 950. The molecule has 0 atom stereocenters. The van der Waals surface area contributed by atoms with E-state index in [1.165, 1.54) is 0 Å². The van der Waals surface area contributed by atoms with Gasteiger partial charge in [-0.05, 0) is 36.4 Å². The van der Waals surface area contributed by atoms with Gasteiger partial charge in [0.15, 0.2) is 0 Å². The van der Waals surface area contributed by atoms with Crippen LogP contribution >= 0.6 is 0 Å². The van der Waals surface area contributed by atoms with Crippen molar-refractivity contribution in [3.63, 3.8) is 0 Å².